The monoisotopic (exact) mass is 585 g/mol. The maximum atomic E-state index is 14.4. The molecule has 0 fully saturated rings. The normalized spacial score (nSPS) is 10.9. The zero-order chi connectivity index (χ0) is 27.3. The number of amides is 2. The van der Waals surface area contributed by atoms with Crippen LogP contribution in [0.3, 0.4) is 0 Å². The lowest BCUT2D eigenvalue weighted by Gasteiger charge is -2.28. The molecule has 0 aliphatic carbocycles. The van der Waals surface area contributed by atoms with Gasteiger partial charge in [-0.3, -0.25) is 9.59 Å². The van der Waals surface area contributed by atoms with Crippen LogP contribution in [0.1, 0.15) is 54.7 Å². The smallest absolute Gasteiger partial charge is 0.257 e. The summed E-state index contributed by atoms with van der Waals surface area (Å²) in [5.74, 6) is -1.23. The van der Waals surface area contributed by atoms with E-state index in [1.54, 1.807) is 17.0 Å². The lowest BCUT2D eigenvalue weighted by molar-refractivity contribution is -0.132. The fourth-order valence-corrected chi connectivity index (χ4v) is 4.46. The Balaban J connectivity index is 1.76. The van der Waals surface area contributed by atoms with E-state index >= 15 is 0 Å². The Morgan fingerprint density at radius 3 is 2.39 bits per heavy atom. The van der Waals surface area contributed by atoms with Crippen molar-refractivity contribution in [2.45, 2.75) is 46.2 Å². The van der Waals surface area contributed by atoms with Gasteiger partial charge in [0.1, 0.15) is 12.4 Å². The van der Waals surface area contributed by atoms with Gasteiger partial charge in [-0.1, -0.05) is 53.5 Å². The third kappa shape index (κ3) is 8.81. The van der Waals surface area contributed by atoms with Crippen LogP contribution in [-0.4, -0.2) is 59.0 Å². The van der Waals surface area contributed by atoms with E-state index in [0.29, 0.717) is 45.8 Å². The Labute approximate surface area is 233 Å². The first-order valence-corrected chi connectivity index (χ1v) is 14.0. The maximum Gasteiger partial charge on any atom is 0.257 e. The molecule has 0 N–H and O–H groups in total. The Morgan fingerprint density at radius 2 is 1.68 bits per heavy atom. The van der Waals surface area contributed by atoms with E-state index in [0.717, 1.165) is 28.6 Å². The van der Waals surface area contributed by atoms with Crippen molar-refractivity contribution in [1.29, 1.82) is 0 Å². The van der Waals surface area contributed by atoms with E-state index in [1.165, 1.54) is 17.0 Å². The topological polar surface area (TPSA) is 54.8 Å². The van der Waals surface area contributed by atoms with Crippen molar-refractivity contribution < 1.29 is 18.7 Å². The first-order chi connectivity index (χ1) is 18.4. The van der Waals surface area contributed by atoms with Gasteiger partial charge in [0.25, 0.3) is 5.91 Å². The van der Waals surface area contributed by atoms with Gasteiger partial charge in [-0.15, -0.1) is 0 Å². The van der Waals surface area contributed by atoms with E-state index in [1.807, 2.05) is 37.4 Å². The quantitative estimate of drug-likeness (QED) is 0.201. The molecule has 0 aliphatic heterocycles. The highest BCUT2D eigenvalue weighted by molar-refractivity contribution is 9.10. The maximum absolute atomic E-state index is 14.4. The zero-order valence-corrected chi connectivity index (χ0v) is 23.8. The van der Waals surface area contributed by atoms with Crippen LogP contribution in [-0.2, 0) is 22.6 Å². The van der Waals surface area contributed by atoms with Crippen LogP contribution in [0.5, 0.6) is 0 Å². The molecule has 1 heterocycles. The minimum atomic E-state index is -0.589. The Bertz CT molecular complexity index is 1170. The highest BCUT2D eigenvalue weighted by Gasteiger charge is 2.24. The van der Waals surface area contributed by atoms with Gasteiger partial charge < -0.3 is 19.1 Å². The van der Waals surface area contributed by atoms with E-state index in [-0.39, 0.29) is 18.0 Å². The number of hydrogen-bond donors (Lipinski definition) is 0. The minimum Gasteiger partial charge on any atom is -0.382 e. The molecule has 204 valence electrons. The molecular weight excluding hydrogens is 549 g/mol. The number of unbranched alkanes of at least 4 members (excludes halogenated alkanes) is 1. The predicted octanol–water partition coefficient (Wildman–Crippen LogP) is 6.14. The third-order valence-electron chi connectivity index (χ3n) is 6.32. The highest BCUT2D eigenvalue weighted by Crippen LogP contribution is 2.16. The number of benzene rings is 2. The molecule has 6 nitrogen and oxygen atoms in total. The molecule has 2 amide bonds. The number of hydrogen-bond acceptors (Lipinski definition) is 3. The number of nitrogens with zero attached hydrogens (tertiary/aromatic N) is 3. The van der Waals surface area contributed by atoms with Gasteiger partial charge in [0.2, 0.25) is 5.91 Å². The number of ether oxygens (including phenoxy) is 1. The average Bonchev–Trinajstić information content (AvgIpc) is 3.35. The summed E-state index contributed by atoms with van der Waals surface area (Å²) in [5, 5.41) is 0. The molecule has 0 unspecified atom stereocenters. The van der Waals surface area contributed by atoms with Crippen LogP contribution in [0.2, 0.25) is 0 Å². The first-order valence-electron chi connectivity index (χ1n) is 13.2. The van der Waals surface area contributed by atoms with Gasteiger partial charge in [-0.25, -0.2) is 4.39 Å². The van der Waals surface area contributed by atoms with Crippen molar-refractivity contribution in [2.24, 2.45) is 0 Å². The molecule has 3 aromatic rings. The number of aromatic nitrogens is 1. The van der Waals surface area contributed by atoms with Gasteiger partial charge in [-0.05, 0) is 61.7 Å². The van der Waals surface area contributed by atoms with Crippen LogP contribution in [0.25, 0.3) is 0 Å². The summed E-state index contributed by atoms with van der Waals surface area (Å²) in [6.07, 6.45) is 4.37. The first kappa shape index (κ1) is 29.6. The zero-order valence-electron chi connectivity index (χ0n) is 22.2. The molecule has 0 atom stereocenters. The molecule has 8 heteroatoms. The second kappa shape index (κ2) is 15.4. The second-order valence-electron chi connectivity index (χ2n) is 9.18. The van der Waals surface area contributed by atoms with Crippen molar-refractivity contribution in [3.05, 3.63) is 94.0 Å². The molecule has 1 aromatic heterocycles. The van der Waals surface area contributed by atoms with Gasteiger partial charge >= 0.3 is 0 Å². The largest absolute Gasteiger partial charge is 0.382 e. The molecule has 3 rings (SSSR count). The molecule has 2 aromatic carbocycles. The van der Waals surface area contributed by atoms with Crippen molar-refractivity contribution >= 4 is 27.7 Å². The molecule has 38 heavy (non-hydrogen) atoms. The summed E-state index contributed by atoms with van der Waals surface area (Å²) in [6.45, 7) is 6.94. The lowest BCUT2D eigenvalue weighted by Crippen LogP contribution is -2.44. The van der Waals surface area contributed by atoms with Gasteiger partial charge in [0.15, 0.2) is 0 Å². The molecule has 0 saturated heterocycles. The second-order valence-corrected chi connectivity index (χ2v) is 10.1. The SMILES string of the molecule is CCCCN(Cc1cccn1Cc1ccc(Br)cc1)C(=O)CN(CCCOCC)C(=O)c1ccccc1F. The molecule has 0 spiro atoms. The van der Waals surface area contributed by atoms with Gasteiger partial charge in [0.05, 0.1) is 12.1 Å². The van der Waals surface area contributed by atoms with Gasteiger partial charge in [-0.2, -0.15) is 0 Å². The van der Waals surface area contributed by atoms with Crippen molar-refractivity contribution in [1.82, 2.24) is 14.4 Å². The van der Waals surface area contributed by atoms with Crippen LogP contribution < -0.4 is 0 Å². The number of carbonyl (C=O) groups excluding carboxylic acids is 2. The van der Waals surface area contributed by atoms with Crippen LogP contribution >= 0.6 is 15.9 Å². The summed E-state index contributed by atoms with van der Waals surface area (Å²) in [5.41, 5.74) is 2.15. The van der Waals surface area contributed by atoms with Crippen molar-refractivity contribution in [3.8, 4) is 0 Å². The van der Waals surface area contributed by atoms with E-state index in [9.17, 15) is 14.0 Å². The van der Waals surface area contributed by atoms with Crippen molar-refractivity contribution in [2.75, 3.05) is 32.8 Å². The standard InChI is InChI=1S/C30H37BrFN3O3/c1-3-5-17-34(22-26-10-8-18-33(26)21-24-13-15-25(31)16-14-24)29(36)23-35(19-9-20-38-4-2)30(37)27-11-6-7-12-28(27)32/h6-8,10-16,18H,3-5,9,17,19-23H2,1-2H3. The Morgan fingerprint density at radius 1 is 0.947 bits per heavy atom. The average molecular weight is 587 g/mol. The molecule has 0 aliphatic rings. The molecule has 0 bridgehead atoms. The Kier molecular flexibility index (Phi) is 12.0. The molecule has 0 radical (unpaired) electrons. The van der Waals surface area contributed by atoms with Gasteiger partial charge in [0, 0.05) is 49.2 Å². The van der Waals surface area contributed by atoms with Crippen molar-refractivity contribution in [3.63, 3.8) is 0 Å². The lowest BCUT2D eigenvalue weighted by atomic mass is 10.1. The van der Waals surface area contributed by atoms with Crippen LogP contribution in [0.4, 0.5) is 4.39 Å². The fraction of sp³-hybridized carbons (Fsp3) is 0.400. The highest BCUT2D eigenvalue weighted by atomic mass is 79.9. The van der Waals surface area contributed by atoms with Crippen LogP contribution in [0, 0.1) is 5.82 Å². The predicted molar refractivity (Wildman–Crippen MR) is 151 cm³/mol. The number of carbonyl (C=O) groups is 2. The van der Waals surface area contributed by atoms with E-state index < -0.39 is 11.7 Å². The third-order valence-corrected chi connectivity index (χ3v) is 6.84. The number of halogens is 2. The van der Waals surface area contributed by atoms with E-state index in [4.69, 9.17) is 4.74 Å². The summed E-state index contributed by atoms with van der Waals surface area (Å²) in [6, 6.07) is 18.1. The molecule has 0 saturated carbocycles. The fourth-order valence-electron chi connectivity index (χ4n) is 4.19. The summed E-state index contributed by atoms with van der Waals surface area (Å²) in [7, 11) is 0. The summed E-state index contributed by atoms with van der Waals surface area (Å²) < 4.78 is 23.0. The van der Waals surface area contributed by atoms with Crippen LogP contribution in [0.15, 0.2) is 71.3 Å². The summed E-state index contributed by atoms with van der Waals surface area (Å²) >= 11 is 3.48. The Hall–Kier alpha value is -2.97. The minimum absolute atomic E-state index is 0.0276. The summed E-state index contributed by atoms with van der Waals surface area (Å²) in [4.78, 5) is 30.1. The molecular formula is C30H37BrFN3O3. The van der Waals surface area contributed by atoms with E-state index in [2.05, 4.69) is 39.6 Å². The number of rotatable bonds is 15.